The Balaban J connectivity index is 3.27. The van der Waals surface area contributed by atoms with Crippen molar-refractivity contribution in [3.8, 4) is 0 Å². The molecule has 0 saturated heterocycles. The maximum Gasteiger partial charge on any atom is 0.0550 e. The number of unbranched alkanes of at least 4 members (excludes halogenated alkanes) is 18. The van der Waals surface area contributed by atoms with E-state index in [1.54, 1.807) is 0 Å². The first-order chi connectivity index (χ1) is 13.8. The zero-order valence-corrected chi connectivity index (χ0v) is 20.5. The molecule has 0 heterocycles. The van der Waals surface area contributed by atoms with Crippen molar-refractivity contribution in [1.29, 1.82) is 0 Å². The Morgan fingerprint density at radius 1 is 0.500 bits per heavy atom. The highest BCUT2D eigenvalue weighted by Gasteiger charge is 2.07. The maximum absolute atomic E-state index is 9.61. The van der Waals surface area contributed by atoms with Gasteiger partial charge in [0.05, 0.1) is 6.61 Å². The molecule has 0 bridgehead atoms. The number of hydrogen-bond acceptors (Lipinski definition) is 2. The summed E-state index contributed by atoms with van der Waals surface area (Å²) in [7, 11) is 0. The quantitative estimate of drug-likeness (QED) is 0.159. The number of thioether (sulfide) groups is 1. The van der Waals surface area contributed by atoms with Crippen LogP contribution in [0.1, 0.15) is 149 Å². The van der Waals surface area contributed by atoms with Crippen molar-refractivity contribution in [2.75, 3.05) is 12.4 Å². The van der Waals surface area contributed by atoms with E-state index < -0.39 is 0 Å². The lowest BCUT2D eigenvalue weighted by Gasteiger charge is -2.13. The van der Waals surface area contributed by atoms with Crippen LogP contribution < -0.4 is 0 Å². The molecule has 1 unspecified atom stereocenters. The van der Waals surface area contributed by atoms with Gasteiger partial charge in [0.15, 0.2) is 0 Å². The van der Waals surface area contributed by atoms with Crippen molar-refractivity contribution < 1.29 is 5.11 Å². The van der Waals surface area contributed by atoms with Gasteiger partial charge in [-0.2, -0.15) is 11.8 Å². The summed E-state index contributed by atoms with van der Waals surface area (Å²) < 4.78 is 0. The van der Waals surface area contributed by atoms with E-state index in [9.17, 15) is 5.11 Å². The van der Waals surface area contributed by atoms with Crippen LogP contribution >= 0.6 is 11.8 Å². The second-order valence-electron chi connectivity index (χ2n) is 8.83. The van der Waals surface area contributed by atoms with Gasteiger partial charge in [0, 0.05) is 5.25 Å². The molecule has 0 aliphatic rings. The molecule has 0 rings (SSSR count). The third-order valence-corrected chi connectivity index (χ3v) is 7.32. The summed E-state index contributed by atoms with van der Waals surface area (Å²) >= 11 is 2.03. The van der Waals surface area contributed by atoms with Crippen LogP contribution in [0.2, 0.25) is 0 Å². The van der Waals surface area contributed by atoms with E-state index in [0.29, 0.717) is 11.9 Å². The Bertz CT molecular complexity index is 269. The molecule has 0 aliphatic carbocycles. The number of aliphatic hydroxyl groups excluding tert-OH is 1. The molecule has 1 nitrogen and oxygen atoms in total. The van der Waals surface area contributed by atoms with Crippen LogP contribution in [0.3, 0.4) is 0 Å². The zero-order valence-electron chi connectivity index (χ0n) is 19.7. The van der Waals surface area contributed by atoms with E-state index in [0.717, 1.165) is 0 Å². The van der Waals surface area contributed by atoms with E-state index in [1.807, 2.05) is 11.8 Å². The van der Waals surface area contributed by atoms with Crippen LogP contribution in [0.25, 0.3) is 0 Å². The highest BCUT2D eigenvalue weighted by Crippen LogP contribution is 2.21. The van der Waals surface area contributed by atoms with Crippen LogP contribution in [0.5, 0.6) is 0 Å². The largest absolute Gasteiger partial charge is 0.395 e. The summed E-state index contributed by atoms with van der Waals surface area (Å²) in [6.45, 7) is 4.95. The maximum atomic E-state index is 9.61. The summed E-state index contributed by atoms with van der Waals surface area (Å²) in [5.74, 6) is 1.25. The molecule has 2 heteroatoms. The lowest BCUT2D eigenvalue weighted by molar-refractivity contribution is 0.288. The topological polar surface area (TPSA) is 20.2 Å². The van der Waals surface area contributed by atoms with Gasteiger partial charge in [-0.25, -0.2) is 0 Å². The average Bonchev–Trinajstić information content (AvgIpc) is 2.71. The van der Waals surface area contributed by atoms with E-state index in [4.69, 9.17) is 0 Å². The van der Waals surface area contributed by atoms with Crippen LogP contribution in [0.15, 0.2) is 0 Å². The lowest BCUT2D eigenvalue weighted by atomic mass is 10.1. The molecular weight excluding hydrogens is 360 g/mol. The van der Waals surface area contributed by atoms with E-state index in [1.165, 1.54) is 141 Å². The van der Waals surface area contributed by atoms with Crippen LogP contribution in [-0.4, -0.2) is 22.7 Å². The number of aliphatic hydroxyl groups is 1. The summed E-state index contributed by atoms with van der Waals surface area (Å²) in [6, 6.07) is 0. The monoisotopic (exact) mass is 414 g/mol. The van der Waals surface area contributed by atoms with Gasteiger partial charge in [0.1, 0.15) is 0 Å². The molecule has 0 saturated carbocycles. The molecule has 1 N–H and O–H groups in total. The van der Waals surface area contributed by atoms with Crippen molar-refractivity contribution in [2.24, 2.45) is 0 Å². The second kappa shape index (κ2) is 25.3. The SMILES string of the molecule is CCCCCCCCCCCCSC(CO)CCCCCCCCCCCC. The first kappa shape index (κ1) is 28.3. The average molecular weight is 415 g/mol. The lowest BCUT2D eigenvalue weighted by Crippen LogP contribution is -2.09. The molecule has 0 radical (unpaired) electrons. The summed E-state index contributed by atoms with van der Waals surface area (Å²) in [5, 5.41) is 10.1. The fraction of sp³-hybridized carbons (Fsp3) is 1.00. The van der Waals surface area contributed by atoms with E-state index in [-0.39, 0.29) is 0 Å². The minimum Gasteiger partial charge on any atom is -0.395 e. The molecule has 0 amide bonds. The minimum absolute atomic E-state index is 0.375. The second-order valence-corrected chi connectivity index (χ2v) is 10.2. The molecule has 28 heavy (non-hydrogen) atoms. The highest BCUT2D eigenvalue weighted by molar-refractivity contribution is 7.99. The number of rotatable bonds is 24. The minimum atomic E-state index is 0.375. The van der Waals surface area contributed by atoms with Gasteiger partial charge in [0.25, 0.3) is 0 Å². The van der Waals surface area contributed by atoms with Gasteiger partial charge in [-0.1, -0.05) is 136 Å². The first-order valence-electron chi connectivity index (χ1n) is 13.1. The molecule has 0 fully saturated rings. The summed E-state index contributed by atoms with van der Waals surface area (Å²) in [6.07, 6.45) is 29.3. The third kappa shape index (κ3) is 22.6. The van der Waals surface area contributed by atoms with Crippen LogP contribution in [0, 0.1) is 0 Å². The van der Waals surface area contributed by atoms with Gasteiger partial charge in [-0.05, 0) is 18.6 Å². The zero-order chi connectivity index (χ0) is 20.5. The van der Waals surface area contributed by atoms with Gasteiger partial charge < -0.3 is 5.11 Å². The Hall–Kier alpha value is 0.310. The predicted octanol–water partition coefficient (Wildman–Crippen LogP) is 9.31. The molecule has 0 aliphatic heterocycles. The predicted molar refractivity (Wildman–Crippen MR) is 132 cm³/mol. The van der Waals surface area contributed by atoms with Gasteiger partial charge >= 0.3 is 0 Å². The van der Waals surface area contributed by atoms with Crippen molar-refractivity contribution >= 4 is 11.8 Å². The fourth-order valence-electron chi connectivity index (χ4n) is 3.93. The Morgan fingerprint density at radius 2 is 0.857 bits per heavy atom. The van der Waals surface area contributed by atoms with E-state index in [2.05, 4.69) is 13.8 Å². The number of hydrogen-bond donors (Lipinski definition) is 1. The van der Waals surface area contributed by atoms with Gasteiger partial charge in [0.2, 0.25) is 0 Å². The molecule has 1 atom stereocenters. The standard InChI is InChI=1S/C26H54OS/c1-3-5-7-9-11-13-15-17-19-21-23-26(25-27)28-24-22-20-18-16-14-12-10-8-6-4-2/h26-27H,3-25H2,1-2H3. The highest BCUT2D eigenvalue weighted by atomic mass is 32.2. The van der Waals surface area contributed by atoms with Crippen LogP contribution in [0.4, 0.5) is 0 Å². The fourth-order valence-corrected chi connectivity index (χ4v) is 5.07. The first-order valence-corrected chi connectivity index (χ1v) is 14.1. The summed E-state index contributed by atoms with van der Waals surface area (Å²) in [5.41, 5.74) is 0. The van der Waals surface area contributed by atoms with Crippen LogP contribution in [-0.2, 0) is 0 Å². The Kier molecular flexibility index (Phi) is 25.6. The summed E-state index contributed by atoms with van der Waals surface area (Å²) in [4.78, 5) is 0. The molecule has 0 aromatic carbocycles. The van der Waals surface area contributed by atoms with Crippen molar-refractivity contribution in [1.82, 2.24) is 0 Å². The molecule has 0 aromatic heterocycles. The molecule has 170 valence electrons. The Morgan fingerprint density at radius 3 is 1.25 bits per heavy atom. The van der Waals surface area contributed by atoms with Crippen molar-refractivity contribution in [2.45, 2.75) is 154 Å². The molecule has 0 spiro atoms. The molecule has 0 aromatic rings. The normalized spacial score (nSPS) is 12.5. The van der Waals surface area contributed by atoms with Gasteiger partial charge in [-0.3, -0.25) is 0 Å². The van der Waals surface area contributed by atoms with Crippen molar-refractivity contribution in [3.05, 3.63) is 0 Å². The molecular formula is C26H54OS. The van der Waals surface area contributed by atoms with Gasteiger partial charge in [-0.15, -0.1) is 0 Å². The van der Waals surface area contributed by atoms with Crippen molar-refractivity contribution in [3.63, 3.8) is 0 Å². The van der Waals surface area contributed by atoms with E-state index >= 15 is 0 Å². The smallest absolute Gasteiger partial charge is 0.0550 e. The third-order valence-electron chi connectivity index (χ3n) is 5.93. The Labute approximate surface area is 183 Å².